The van der Waals surface area contributed by atoms with E-state index in [1.165, 1.54) is 11.1 Å². The lowest BCUT2D eigenvalue weighted by Crippen LogP contribution is -2.45. The third-order valence-corrected chi connectivity index (χ3v) is 5.68. The van der Waals surface area contributed by atoms with Gasteiger partial charge < -0.3 is 14.6 Å². The van der Waals surface area contributed by atoms with Gasteiger partial charge >= 0.3 is 0 Å². The number of ether oxygens (including phenoxy) is 2. The summed E-state index contributed by atoms with van der Waals surface area (Å²) in [6, 6.07) is 16.6. The molecule has 1 aliphatic rings. The van der Waals surface area contributed by atoms with Gasteiger partial charge in [-0.3, -0.25) is 4.90 Å². The fourth-order valence-corrected chi connectivity index (χ4v) is 4.13. The van der Waals surface area contributed by atoms with Crippen LogP contribution in [0.5, 0.6) is 11.5 Å². The molecule has 146 valence electrons. The monoisotopic (exact) mass is 369 g/mol. The van der Waals surface area contributed by atoms with Gasteiger partial charge in [-0.25, -0.2) is 0 Å². The summed E-state index contributed by atoms with van der Waals surface area (Å²) in [6.07, 6.45) is 4.25. The summed E-state index contributed by atoms with van der Waals surface area (Å²) >= 11 is 0. The molecule has 1 fully saturated rings. The van der Waals surface area contributed by atoms with E-state index in [2.05, 4.69) is 47.4 Å². The molecule has 0 unspecified atom stereocenters. The van der Waals surface area contributed by atoms with E-state index in [9.17, 15) is 5.11 Å². The molecular weight excluding hydrogens is 338 g/mol. The number of nitrogens with zero attached hydrogens (tertiary/aromatic N) is 1. The molecule has 0 spiro atoms. The van der Waals surface area contributed by atoms with Crippen molar-refractivity contribution in [1.82, 2.24) is 4.90 Å². The molecule has 1 aliphatic heterocycles. The van der Waals surface area contributed by atoms with E-state index in [0.717, 1.165) is 56.8 Å². The average Bonchev–Trinajstić information content (AvgIpc) is 2.73. The predicted molar refractivity (Wildman–Crippen MR) is 108 cm³/mol. The number of aliphatic hydroxyl groups is 1. The molecule has 0 amide bonds. The maximum absolute atomic E-state index is 10.2. The normalized spacial score (nSPS) is 20.4. The van der Waals surface area contributed by atoms with Crippen molar-refractivity contribution in [3.8, 4) is 11.5 Å². The second-order valence-corrected chi connectivity index (χ2v) is 7.68. The van der Waals surface area contributed by atoms with Gasteiger partial charge in [0.25, 0.3) is 0 Å². The van der Waals surface area contributed by atoms with Crippen molar-refractivity contribution in [2.75, 3.05) is 33.9 Å². The lowest BCUT2D eigenvalue weighted by atomic mass is 9.76. The van der Waals surface area contributed by atoms with E-state index in [1.54, 1.807) is 14.2 Å². The lowest BCUT2D eigenvalue weighted by molar-refractivity contribution is 0.0223. The molecular formula is C23H31NO3. The fraction of sp³-hybridized carbons (Fsp3) is 0.478. The van der Waals surface area contributed by atoms with E-state index in [0.29, 0.717) is 0 Å². The quantitative estimate of drug-likeness (QED) is 0.766. The van der Waals surface area contributed by atoms with Crippen LogP contribution in [0.2, 0.25) is 0 Å². The van der Waals surface area contributed by atoms with E-state index in [-0.39, 0.29) is 12.0 Å². The van der Waals surface area contributed by atoms with E-state index < -0.39 is 0 Å². The van der Waals surface area contributed by atoms with Crippen molar-refractivity contribution in [2.45, 2.75) is 32.2 Å². The van der Waals surface area contributed by atoms with Crippen LogP contribution in [0.4, 0.5) is 0 Å². The van der Waals surface area contributed by atoms with Gasteiger partial charge in [-0.2, -0.15) is 0 Å². The van der Waals surface area contributed by atoms with E-state index in [1.807, 2.05) is 6.07 Å². The zero-order valence-corrected chi connectivity index (χ0v) is 16.5. The zero-order valence-electron chi connectivity index (χ0n) is 16.5. The number of likely N-dealkylation sites (tertiary alicyclic amines) is 1. The Labute approximate surface area is 162 Å². The number of rotatable bonds is 8. The highest BCUT2D eigenvalue weighted by Crippen LogP contribution is 2.35. The van der Waals surface area contributed by atoms with Crippen LogP contribution < -0.4 is 9.47 Å². The molecule has 0 aliphatic carbocycles. The maximum Gasteiger partial charge on any atom is 0.122 e. The van der Waals surface area contributed by atoms with Crippen molar-refractivity contribution in [3.63, 3.8) is 0 Å². The number of piperidine rings is 1. The number of hydrogen-bond donors (Lipinski definition) is 1. The number of benzene rings is 2. The van der Waals surface area contributed by atoms with Crippen molar-refractivity contribution in [1.29, 1.82) is 0 Å². The first-order chi connectivity index (χ1) is 13.2. The van der Waals surface area contributed by atoms with Crippen LogP contribution in [0, 0.1) is 5.41 Å². The highest BCUT2D eigenvalue weighted by Gasteiger charge is 2.34. The molecule has 3 rings (SSSR count). The highest BCUT2D eigenvalue weighted by atomic mass is 16.5. The smallest absolute Gasteiger partial charge is 0.122 e. The minimum Gasteiger partial charge on any atom is -0.497 e. The fourth-order valence-electron chi connectivity index (χ4n) is 4.13. The van der Waals surface area contributed by atoms with Crippen LogP contribution in [-0.2, 0) is 13.0 Å². The first-order valence-electron chi connectivity index (χ1n) is 9.75. The minimum absolute atomic E-state index is 0.0168. The van der Waals surface area contributed by atoms with Crippen LogP contribution in [0.3, 0.4) is 0 Å². The first-order valence-corrected chi connectivity index (χ1v) is 9.75. The molecule has 1 N–H and O–H groups in total. The molecule has 0 bridgehead atoms. The summed E-state index contributed by atoms with van der Waals surface area (Å²) < 4.78 is 10.8. The molecule has 4 nitrogen and oxygen atoms in total. The summed E-state index contributed by atoms with van der Waals surface area (Å²) in [5.41, 5.74) is 2.51. The number of methoxy groups -OCH3 is 2. The molecule has 1 atom stereocenters. The number of aryl methyl sites for hydroxylation is 1. The standard InChI is InChI=1S/C23H31NO3/c1-26-21-13-20(14-22(15-21)27-2)16-24-12-6-10-23(17-24,18-25)11-9-19-7-4-3-5-8-19/h3-5,7-8,13-15,25H,6,9-12,16-18H2,1-2H3/t23-/m0/s1. The summed E-state index contributed by atoms with van der Waals surface area (Å²) in [5, 5.41) is 10.2. The summed E-state index contributed by atoms with van der Waals surface area (Å²) in [6.45, 7) is 3.08. The van der Waals surface area contributed by atoms with Gasteiger partial charge in [0, 0.05) is 31.2 Å². The van der Waals surface area contributed by atoms with Gasteiger partial charge in [-0.1, -0.05) is 30.3 Å². The third-order valence-electron chi connectivity index (χ3n) is 5.68. The molecule has 0 radical (unpaired) electrons. The van der Waals surface area contributed by atoms with Crippen LogP contribution in [0.25, 0.3) is 0 Å². The van der Waals surface area contributed by atoms with E-state index in [4.69, 9.17) is 9.47 Å². The lowest BCUT2D eigenvalue weighted by Gasteiger charge is -2.42. The molecule has 2 aromatic rings. The summed E-state index contributed by atoms with van der Waals surface area (Å²) in [4.78, 5) is 2.46. The van der Waals surface area contributed by atoms with Gasteiger partial charge in [-0.15, -0.1) is 0 Å². The predicted octanol–water partition coefficient (Wildman–Crippen LogP) is 3.91. The van der Waals surface area contributed by atoms with Crippen LogP contribution >= 0.6 is 0 Å². The Morgan fingerprint density at radius 2 is 1.70 bits per heavy atom. The van der Waals surface area contributed by atoms with Gasteiger partial charge in [0.05, 0.1) is 14.2 Å². The Balaban J connectivity index is 1.67. The molecule has 27 heavy (non-hydrogen) atoms. The Morgan fingerprint density at radius 1 is 1.00 bits per heavy atom. The minimum atomic E-state index is -0.0168. The Hall–Kier alpha value is -2.04. The zero-order chi connectivity index (χ0) is 19.1. The van der Waals surface area contributed by atoms with Crippen molar-refractivity contribution < 1.29 is 14.6 Å². The molecule has 2 aromatic carbocycles. The third kappa shape index (κ3) is 5.24. The molecule has 0 aromatic heterocycles. The largest absolute Gasteiger partial charge is 0.497 e. The van der Waals surface area contributed by atoms with E-state index >= 15 is 0 Å². The van der Waals surface area contributed by atoms with Gasteiger partial charge in [0.2, 0.25) is 0 Å². The summed E-state index contributed by atoms with van der Waals surface area (Å²) in [7, 11) is 3.36. The molecule has 0 saturated carbocycles. The summed E-state index contributed by atoms with van der Waals surface area (Å²) in [5.74, 6) is 1.64. The van der Waals surface area contributed by atoms with Crippen molar-refractivity contribution >= 4 is 0 Å². The Bertz CT molecular complexity index is 697. The second kappa shape index (κ2) is 9.25. The molecule has 1 saturated heterocycles. The number of hydrogen-bond acceptors (Lipinski definition) is 4. The molecule has 4 heteroatoms. The first kappa shape index (κ1) is 19.7. The van der Waals surface area contributed by atoms with Gasteiger partial charge in [0.1, 0.15) is 11.5 Å². The second-order valence-electron chi connectivity index (χ2n) is 7.68. The van der Waals surface area contributed by atoms with Crippen molar-refractivity contribution in [2.24, 2.45) is 5.41 Å². The SMILES string of the molecule is COc1cc(CN2CCC[C@](CO)(CCc3ccccc3)C2)cc(OC)c1. The Morgan fingerprint density at radius 3 is 2.33 bits per heavy atom. The maximum atomic E-state index is 10.2. The topological polar surface area (TPSA) is 41.9 Å². The van der Waals surface area contributed by atoms with Crippen LogP contribution in [0.1, 0.15) is 30.4 Å². The van der Waals surface area contributed by atoms with Crippen LogP contribution in [0.15, 0.2) is 48.5 Å². The number of aliphatic hydroxyl groups excluding tert-OH is 1. The van der Waals surface area contributed by atoms with Crippen LogP contribution in [-0.4, -0.2) is 43.9 Å². The molecule has 1 heterocycles. The van der Waals surface area contributed by atoms with Gasteiger partial charge in [-0.05, 0) is 55.5 Å². The van der Waals surface area contributed by atoms with Crippen molar-refractivity contribution in [3.05, 3.63) is 59.7 Å². The highest BCUT2D eigenvalue weighted by molar-refractivity contribution is 5.38. The Kier molecular flexibility index (Phi) is 6.75. The van der Waals surface area contributed by atoms with Gasteiger partial charge in [0.15, 0.2) is 0 Å². The average molecular weight is 370 g/mol.